The third-order valence-electron chi connectivity index (χ3n) is 6.98. The van der Waals surface area contributed by atoms with Gasteiger partial charge in [0.1, 0.15) is 11.4 Å². The van der Waals surface area contributed by atoms with E-state index < -0.39 is 0 Å². The van der Waals surface area contributed by atoms with Crippen LogP contribution < -0.4 is 5.32 Å². The molecule has 3 aliphatic rings. The quantitative estimate of drug-likeness (QED) is 0.629. The van der Waals surface area contributed by atoms with Gasteiger partial charge in [-0.2, -0.15) is 5.10 Å². The monoisotopic (exact) mass is 498 g/mol. The van der Waals surface area contributed by atoms with Crippen LogP contribution in [0, 0.1) is 0 Å². The van der Waals surface area contributed by atoms with Gasteiger partial charge in [-0.1, -0.05) is 22.8 Å². The summed E-state index contributed by atoms with van der Waals surface area (Å²) < 4.78 is 7.06. The Morgan fingerprint density at radius 1 is 1.17 bits per heavy atom. The summed E-state index contributed by atoms with van der Waals surface area (Å²) >= 11 is 6.08. The zero-order valence-electron chi connectivity index (χ0n) is 20.2. The Morgan fingerprint density at radius 3 is 2.57 bits per heavy atom. The predicted octanol–water partition coefficient (Wildman–Crippen LogP) is 3.28. The van der Waals surface area contributed by atoms with Gasteiger partial charge in [-0.25, -0.2) is 0 Å². The summed E-state index contributed by atoms with van der Waals surface area (Å²) in [5.74, 6) is 0.271. The van der Waals surface area contributed by atoms with Crippen LogP contribution in [-0.4, -0.2) is 74.8 Å². The van der Waals surface area contributed by atoms with Crippen molar-refractivity contribution in [2.45, 2.75) is 58.2 Å². The van der Waals surface area contributed by atoms with E-state index in [-0.39, 0.29) is 30.1 Å². The van der Waals surface area contributed by atoms with Gasteiger partial charge < -0.3 is 19.6 Å². The molecule has 0 saturated carbocycles. The maximum atomic E-state index is 13.3. The van der Waals surface area contributed by atoms with Gasteiger partial charge in [0.2, 0.25) is 0 Å². The normalized spacial score (nSPS) is 19.0. The Labute approximate surface area is 209 Å². The Bertz CT molecular complexity index is 1170. The molecule has 2 amide bonds. The highest BCUT2D eigenvalue weighted by Gasteiger charge is 2.28. The van der Waals surface area contributed by atoms with E-state index in [4.69, 9.17) is 16.1 Å². The van der Waals surface area contributed by atoms with Crippen molar-refractivity contribution in [1.82, 2.24) is 30.1 Å². The van der Waals surface area contributed by atoms with E-state index in [1.54, 1.807) is 15.6 Å². The number of hydrogen-bond donors (Lipinski definition) is 1. The van der Waals surface area contributed by atoms with E-state index in [9.17, 15) is 9.59 Å². The molecule has 5 rings (SSSR count). The minimum absolute atomic E-state index is 0.0978. The van der Waals surface area contributed by atoms with Gasteiger partial charge in [-0.15, -0.1) is 0 Å². The van der Waals surface area contributed by atoms with E-state index in [1.807, 2.05) is 18.2 Å². The first-order valence-corrected chi connectivity index (χ1v) is 12.7. The summed E-state index contributed by atoms with van der Waals surface area (Å²) in [5, 5.41) is 12.6. The first-order chi connectivity index (χ1) is 16.9. The molecule has 186 valence electrons. The summed E-state index contributed by atoms with van der Waals surface area (Å²) in [6, 6.07) is 4.03. The van der Waals surface area contributed by atoms with E-state index in [2.05, 4.69) is 34.3 Å². The third kappa shape index (κ3) is 5.21. The molecule has 2 fully saturated rings. The lowest BCUT2D eigenvalue weighted by Gasteiger charge is -2.34. The topological polar surface area (TPSA) is 96.5 Å². The summed E-state index contributed by atoms with van der Waals surface area (Å²) in [7, 11) is 0. The second-order valence-electron chi connectivity index (χ2n) is 9.76. The van der Waals surface area contributed by atoms with Crippen LogP contribution in [0.4, 0.5) is 0 Å². The Hall–Kier alpha value is -2.91. The number of rotatable bonds is 7. The number of aromatic nitrogens is 3. The minimum Gasteiger partial charge on any atom is -0.356 e. The molecule has 1 aliphatic carbocycles. The fraction of sp³-hybridized carbons (Fsp3) is 0.520. The fourth-order valence-corrected chi connectivity index (χ4v) is 4.88. The molecule has 2 saturated heterocycles. The molecule has 0 aromatic carbocycles. The van der Waals surface area contributed by atoms with E-state index in [1.165, 1.54) is 0 Å². The van der Waals surface area contributed by atoms with Crippen LogP contribution in [0.15, 0.2) is 33.8 Å². The first kappa shape index (κ1) is 23.8. The smallest absolute Gasteiger partial charge is 0.274 e. The highest BCUT2D eigenvalue weighted by atomic mass is 35.5. The molecule has 0 unspecified atom stereocenters. The molecule has 2 aromatic heterocycles. The Kier molecular flexibility index (Phi) is 6.80. The van der Waals surface area contributed by atoms with E-state index >= 15 is 0 Å². The summed E-state index contributed by atoms with van der Waals surface area (Å²) in [5.41, 5.74) is 2.21. The van der Waals surface area contributed by atoms with Gasteiger partial charge in [0.15, 0.2) is 11.5 Å². The van der Waals surface area contributed by atoms with Crippen molar-refractivity contribution in [2.24, 2.45) is 0 Å². The predicted molar refractivity (Wildman–Crippen MR) is 132 cm³/mol. The molecule has 1 N–H and O–H groups in total. The van der Waals surface area contributed by atoms with Crippen LogP contribution in [0.5, 0.6) is 0 Å². The molecule has 9 nitrogen and oxygen atoms in total. The van der Waals surface area contributed by atoms with Crippen LogP contribution in [0.2, 0.25) is 0 Å². The SMILES string of the molecule is CC(C)N1CCC(NC(=O)c2cc(C(=O)N3CCC3)nn2Cc2cc(C3=CC=C(Cl)C3)on2)CC1. The number of carbonyl (C=O) groups is 2. The fourth-order valence-electron chi connectivity index (χ4n) is 4.68. The van der Waals surface area contributed by atoms with Gasteiger partial charge in [0.05, 0.1) is 6.54 Å². The lowest BCUT2D eigenvalue weighted by atomic mass is 10.0. The molecular formula is C25H31ClN6O3. The zero-order valence-corrected chi connectivity index (χ0v) is 20.9. The van der Waals surface area contributed by atoms with Crippen LogP contribution in [-0.2, 0) is 6.54 Å². The number of carbonyl (C=O) groups excluding carboxylic acids is 2. The maximum Gasteiger partial charge on any atom is 0.274 e. The van der Waals surface area contributed by atoms with Crippen LogP contribution >= 0.6 is 11.6 Å². The highest BCUT2D eigenvalue weighted by Crippen LogP contribution is 2.30. The largest absolute Gasteiger partial charge is 0.356 e. The van der Waals surface area contributed by atoms with Gasteiger partial charge in [-0.05, 0) is 39.2 Å². The number of halogens is 1. The number of nitrogens with zero attached hydrogens (tertiary/aromatic N) is 5. The molecule has 35 heavy (non-hydrogen) atoms. The molecular weight excluding hydrogens is 468 g/mol. The lowest BCUT2D eigenvalue weighted by Crippen LogP contribution is -2.46. The van der Waals surface area contributed by atoms with Crippen molar-refractivity contribution in [3.8, 4) is 0 Å². The summed E-state index contributed by atoms with van der Waals surface area (Å²) in [6.45, 7) is 7.96. The first-order valence-electron chi connectivity index (χ1n) is 12.3. The zero-order chi connectivity index (χ0) is 24.5. The molecule has 0 radical (unpaired) electrons. The average molecular weight is 499 g/mol. The van der Waals surface area contributed by atoms with Crippen molar-refractivity contribution in [3.63, 3.8) is 0 Å². The molecule has 0 spiro atoms. The molecule has 10 heteroatoms. The molecule has 0 atom stereocenters. The Balaban J connectivity index is 1.32. The van der Waals surface area contributed by atoms with Gasteiger partial charge in [0.25, 0.3) is 11.8 Å². The molecule has 0 bridgehead atoms. The number of amides is 2. The number of nitrogens with one attached hydrogen (secondary N) is 1. The number of allylic oxidation sites excluding steroid dienone is 4. The second-order valence-corrected chi connectivity index (χ2v) is 10.2. The molecule has 2 aliphatic heterocycles. The van der Waals surface area contributed by atoms with E-state index in [0.29, 0.717) is 29.6 Å². The molecule has 2 aromatic rings. The van der Waals surface area contributed by atoms with Crippen molar-refractivity contribution in [2.75, 3.05) is 26.2 Å². The maximum absolute atomic E-state index is 13.3. The summed E-state index contributed by atoms with van der Waals surface area (Å²) in [4.78, 5) is 30.3. The van der Waals surface area contributed by atoms with Crippen molar-refractivity contribution >= 4 is 29.0 Å². The summed E-state index contributed by atoms with van der Waals surface area (Å²) in [6.07, 6.45) is 7.15. The molecule has 4 heterocycles. The average Bonchev–Trinajstić information content (AvgIpc) is 3.53. The number of piperidine rings is 1. The van der Waals surface area contributed by atoms with Crippen molar-refractivity contribution in [1.29, 1.82) is 0 Å². The second kappa shape index (κ2) is 9.99. The Morgan fingerprint density at radius 2 is 1.94 bits per heavy atom. The van der Waals surface area contributed by atoms with Gasteiger partial charge in [-0.3, -0.25) is 14.3 Å². The van der Waals surface area contributed by atoms with Gasteiger partial charge in [0, 0.05) is 67.4 Å². The number of hydrogen-bond acceptors (Lipinski definition) is 6. The van der Waals surface area contributed by atoms with Crippen LogP contribution in [0.3, 0.4) is 0 Å². The van der Waals surface area contributed by atoms with Crippen LogP contribution in [0.25, 0.3) is 5.57 Å². The van der Waals surface area contributed by atoms with E-state index in [0.717, 1.165) is 56.0 Å². The van der Waals surface area contributed by atoms with Crippen molar-refractivity contribution < 1.29 is 14.1 Å². The minimum atomic E-state index is -0.221. The standard InChI is InChI=1S/C25H31ClN6O3/c1-16(2)30-10-6-19(7-11-30)27-24(33)22-14-21(25(34)31-8-3-9-31)28-32(22)15-20-13-23(35-29-20)17-4-5-18(26)12-17/h4-5,13-14,16,19H,3,6-12,15H2,1-2H3,(H,27,33). The lowest BCUT2D eigenvalue weighted by molar-refractivity contribution is 0.0644. The van der Waals surface area contributed by atoms with Crippen LogP contribution in [0.1, 0.15) is 72.0 Å². The number of likely N-dealkylation sites (tertiary alicyclic amines) is 2. The van der Waals surface area contributed by atoms with Crippen molar-refractivity contribution in [3.05, 3.63) is 52.2 Å². The highest BCUT2D eigenvalue weighted by molar-refractivity contribution is 6.30. The van der Waals surface area contributed by atoms with Gasteiger partial charge >= 0.3 is 0 Å². The third-order valence-corrected chi connectivity index (χ3v) is 7.24.